The highest BCUT2D eigenvalue weighted by Gasteiger charge is 2.48. The summed E-state index contributed by atoms with van der Waals surface area (Å²) in [4.78, 5) is 48.1. The van der Waals surface area contributed by atoms with Gasteiger partial charge in [-0.05, 0) is 64.6 Å². The van der Waals surface area contributed by atoms with Crippen molar-refractivity contribution in [3.8, 4) is 0 Å². The van der Waals surface area contributed by atoms with Crippen molar-refractivity contribution in [2.24, 2.45) is 5.92 Å². The molecular weight excluding hydrogens is 444 g/mol. The molecule has 2 aliphatic heterocycles. The summed E-state index contributed by atoms with van der Waals surface area (Å²) in [5.41, 5.74) is -0.609. The maximum Gasteiger partial charge on any atom is 0.273 e. The van der Waals surface area contributed by atoms with Gasteiger partial charge in [0, 0.05) is 19.6 Å². The van der Waals surface area contributed by atoms with Gasteiger partial charge in [-0.25, -0.2) is 4.98 Å². The summed E-state index contributed by atoms with van der Waals surface area (Å²) in [5, 5.41) is 5.96. The molecule has 1 fully saturated rings. The maximum atomic E-state index is 13.6. The molecule has 35 heavy (non-hydrogen) atoms. The lowest BCUT2D eigenvalue weighted by Crippen LogP contribution is -2.64. The van der Waals surface area contributed by atoms with Crippen LogP contribution in [0.2, 0.25) is 0 Å². The van der Waals surface area contributed by atoms with Crippen LogP contribution in [0.4, 0.5) is 0 Å². The molecule has 0 bridgehead atoms. The molecule has 3 heterocycles. The van der Waals surface area contributed by atoms with Crippen LogP contribution in [0.1, 0.15) is 93.6 Å². The first kappa shape index (κ1) is 27.2. The van der Waals surface area contributed by atoms with Crippen molar-refractivity contribution < 1.29 is 14.4 Å². The minimum atomic E-state index is -1.03. The van der Waals surface area contributed by atoms with Crippen molar-refractivity contribution in [2.75, 3.05) is 39.3 Å². The Hall–Kier alpha value is -2.42. The SMILES string of the molecule is CCCN1C(=O)c2c(C(=O)NCCCN3CCCCCC3)ncn2C[C@@]1(C)C(=O)NCCC(C)C. The lowest BCUT2D eigenvalue weighted by molar-refractivity contribution is -0.132. The smallest absolute Gasteiger partial charge is 0.273 e. The van der Waals surface area contributed by atoms with E-state index in [0.717, 1.165) is 32.5 Å². The summed E-state index contributed by atoms with van der Waals surface area (Å²) in [6, 6.07) is 0. The molecule has 9 nitrogen and oxygen atoms in total. The molecular formula is C26H44N6O3. The summed E-state index contributed by atoms with van der Waals surface area (Å²) in [6.07, 6.45) is 9.08. The molecule has 3 amide bonds. The maximum absolute atomic E-state index is 13.6. The molecule has 9 heteroatoms. The Balaban J connectivity index is 1.65. The van der Waals surface area contributed by atoms with Crippen LogP contribution in [-0.2, 0) is 11.3 Å². The predicted octanol–water partition coefficient (Wildman–Crippen LogP) is 2.67. The predicted molar refractivity (Wildman–Crippen MR) is 136 cm³/mol. The lowest BCUT2D eigenvalue weighted by atomic mass is 9.93. The third kappa shape index (κ3) is 6.63. The lowest BCUT2D eigenvalue weighted by Gasteiger charge is -2.43. The molecule has 0 spiro atoms. The van der Waals surface area contributed by atoms with Gasteiger partial charge in [0.25, 0.3) is 11.8 Å². The van der Waals surface area contributed by atoms with Crippen molar-refractivity contribution in [3.63, 3.8) is 0 Å². The number of fused-ring (bicyclic) bond motifs is 1. The molecule has 2 N–H and O–H groups in total. The van der Waals surface area contributed by atoms with Crippen LogP contribution in [0.3, 0.4) is 0 Å². The van der Waals surface area contributed by atoms with Crippen molar-refractivity contribution in [1.29, 1.82) is 0 Å². The second-order valence-corrected chi connectivity index (χ2v) is 10.6. The summed E-state index contributed by atoms with van der Waals surface area (Å²) in [7, 11) is 0. The van der Waals surface area contributed by atoms with E-state index in [4.69, 9.17) is 0 Å². The molecule has 1 aromatic rings. The van der Waals surface area contributed by atoms with E-state index in [1.807, 2.05) is 6.92 Å². The fourth-order valence-electron chi connectivity index (χ4n) is 5.04. The zero-order valence-electron chi connectivity index (χ0n) is 22.1. The molecule has 2 aliphatic rings. The number of hydrogen-bond donors (Lipinski definition) is 2. The van der Waals surface area contributed by atoms with Crippen molar-refractivity contribution in [1.82, 2.24) is 30.0 Å². The van der Waals surface area contributed by atoms with E-state index in [1.165, 1.54) is 32.0 Å². The number of aromatic nitrogens is 2. The first-order chi connectivity index (χ1) is 16.8. The standard InChI is InChI=1S/C26H44N6O3/c1-5-14-32-24(34)22-21(23(33)27-12-10-17-30-15-8-6-7-9-16-30)29-19-31(22)18-26(32,4)25(35)28-13-11-20(2)3/h19-20H,5-18H2,1-4H3,(H,27,33)(H,28,35)/t26-/m0/s1. The van der Waals surface area contributed by atoms with Gasteiger partial charge >= 0.3 is 0 Å². The first-order valence-electron chi connectivity index (χ1n) is 13.4. The Kier molecular flexibility index (Phi) is 9.71. The van der Waals surface area contributed by atoms with Crippen LogP contribution >= 0.6 is 0 Å². The van der Waals surface area contributed by atoms with E-state index < -0.39 is 5.54 Å². The van der Waals surface area contributed by atoms with E-state index in [0.29, 0.717) is 32.0 Å². The quantitative estimate of drug-likeness (QED) is 0.467. The number of carbonyl (C=O) groups is 3. The average Bonchev–Trinajstić information content (AvgIpc) is 3.06. The largest absolute Gasteiger partial charge is 0.354 e. The van der Waals surface area contributed by atoms with Gasteiger partial charge in [-0.15, -0.1) is 0 Å². The average molecular weight is 489 g/mol. The number of carbonyl (C=O) groups excluding carboxylic acids is 3. The Morgan fingerprint density at radius 2 is 1.80 bits per heavy atom. The minimum Gasteiger partial charge on any atom is -0.354 e. The molecule has 3 rings (SSSR count). The normalized spacial score (nSPS) is 21.1. The highest BCUT2D eigenvalue weighted by atomic mass is 16.2. The Morgan fingerprint density at radius 1 is 1.09 bits per heavy atom. The summed E-state index contributed by atoms with van der Waals surface area (Å²) in [6.45, 7) is 13.1. The highest BCUT2D eigenvalue weighted by molar-refractivity contribution is 6.07. The van der Waals surface area contributed by atoms with E-state index in [1.54, 1.807) is 16.4 Å². The number of amides is 3. The number of rotatable bonds is 11. The number of likely N-dealkylation sites (tertiary alicyclic amines) is 1. The molecule has 1 aromatic heterocycles. The van der Waals surface area contributed by atoms with E-state index in [-0.39, 0.29) is 35.7 Å². The van der Waals surface area contributed by atoms with Gasteiger partial charge < -0.3 is 25.0 Å². The molecule has 0 saturated carbocycles. The van der Waals surface area contributed by atoms with Gasteiger partial charge in [0.15, 0.2) is 5.69 Å². The third-order valence-corrected chi connectivity index (χ3v) is 7.15. The van der Waals surface area contributed by atoms with Gasteiger partial charge in [-0.2, -0.15) is 0 Å². The van der Waals surface area contributed by atoms with Gasteiger partial charge in [-0.3, -0.25) is 14.4 Å². The van der Waals surface area contributed by atoms with E-state index in [9.17, 15) is 14.4 Å². The Labute approximate surface area is 210 Å². The van der Waals surface area contributed by atoms with Gasteiger partial charge in [0.05, 0.1) is 12.9 Å². The Bertz CT molecular complexity index is 874. The van der Waals surface area contributed by atoms with Crippen LogP contribution in [0, 0.1) is 5.92 Å². The highest BCUT2D eigenvalue weighted by Crippen LogP contribution is 2.29. The number of imidazole rings is 1. The van der Waals surface area contributed by atoms with Crippen LogP contribution in [0.15, 0.2) is 6.33 Å². The second-order valence-electron chi connectivity index (χ2n) is 10.6. The second kappa shape index (κ2) is 12.5. The molecule has 0 aromatic carbocycles. The fraction of sp³-hybridized carbons (Fsp3) is 0.769. The topological polar surface area (TPSA) is 99.6 Å². The first-order valence-corrected chi connectivity index (χ1v) is 13.4. The number of nitrogens with one attached hydrogen (secondary N) is 2. The van der Waals surface area contributed by atoms with Crippen LogP contribution in [-0.4, -0.2) is 81.9 Å². The van der Waals surface area contributed by atoms with Gasteiger partial charge in [0.2, 0.25) is 5.91 Å². The van der Waals surface area contributed by atoms with Crippen LogP contribution in [0.25, 0.3) is 0 Å². The number of nitrogens with zero attached hydrogens (tertiary/aromatic N) is 4. The molecule has 1 saturated heterocycles. The molecule has 196 valence electrons. The van der Waals surface area contributed by atoms with Crippen molar-refractivity contribution in [3.05, 3.63) is 17.7 Å². The van der Waals surface area contributed by atoms with Crippen molar-refractivity contribution in [2.45, 2.75) is 84.7 Å². The molecule has 0 unspecified atom stereocenters. The molecule has 0 aliphatic carbocycles. The third-order valence-electron chi connectivity index (χ3n) is 7.15. The van der Waals surface area contributed by atoms with Crippen LogP contribution in [0.5, 0.6) is 0 Å². The van der Waals surface area contributed by atoms with Crippen molar-refractivity contribution >= 4 is 17.7 Å². The van der Waals surface area contributed by atoms with Crippen LogP contribution < -0.4 is 10.6 Å². The summed E-state index contributed by atoms with van der Waals surface area (Å²) in [5.74, 6) is -0.330. The molecule has 1 atom stereocenters. The zero-order chi connectivity index (χ0) is 25.4. The number of hydrogen-bond acceptors (Lipinski definition) is 5. The van der Waals surface area contributed by atoms with E-state index in [2.05, 4.69) is 34.4 Å². The van der Waals surface area contributed by atoms with E-state index >= 15 is 0 Å². The molecule has 0 radical (unpaired) electrons. The monoisotopic (exact) mass is 488 g/mol. The summed E-state index contributed by atoms with van der Waals surface area (Å²) < 4.78 is 1.67. The minimum absolute atomic E-state index is 0.146. The Morgan fingerprint density at radius 3 is 2.46 bits per heavy atom. The zero-order valence-corrected chi connectivity index (χ0v) is 22.1. The fourth-order valence-corrected chi connectivity index (χ4v) is 5.04. The van der Waals surface area contributed by atoms with Gasteiger partial charge in [-0.1, -0.05) is 33.6 Å². The van der Waals surface area contributed by atoms with Gasteiger partial charge in [0.1, 0.15) is 11.2 Å². The summed E-state index contributed by atoms with van der Waals surface area (Å²) >= 11 is 0.